The van der Waals surface area contributed by atoms with Crippen molar-refractivity contribution >= 4 is 5.91 Å². The van der Waals surface area contributed by atoms with Gasteiger partial charge in [0.2, 0.25) is 5.91 Å². The zero-order chi connectivity index (χ0) is 22.2. The smallest absolute Gasteiger partial charge is 0.222 e. The van der Waals surface area contributed by atoms with E-state index in [9.17, 15) is 9.90 Å². The Bertz CT molecular complexity index is 815. The lowest BCUT2D eigenvalue weighted by atomic mass is 10.0. The van der Waals surface area contributed by atoms with Gasteiger partial charge in [-0.25, -0.2) is 4.68 Å². The molecule has 3 atom stereocenters. The minimum Gasteiger partial charge on any atom is -0.394 e. The van der Waals surface area contributed by atoms with Crippen LogP contribution in [0.15, 0.2) is 30.7 Å². The van der Waals surface area contributed by atoms with Gasteiger partial charge in [-0.15, -0.1) is 5.10 Å². The van der Waals surface area contributed by atoms with Gasteiger partial charge in [0.25, 0.3) is 0 Å². The Kier molecular flexibility index (Phi) is 8.51. The van der Waals surface area contributed by atoms with Gasteiger partial charge in [0.1, 0.15) is 0 Å². The molecule has 9 heteroatoms. The van der Waals surface area contributed by atoms with Gasteiger partial charge in [-0.1, -0.05) is 18.2 Å². The van der Waals surface area contributed by atoms with E-state index in [1.165, 1.54) is 0 Å². The number of carbonyl (C=O) groups excluding carboxylic acids is 1. The van der Waals surface area contributed by atoms with Crippen LogP contribution in [0, 0.1) is 5.92 Å². The van der Waals surface area contributed by atoms with Crippen molar-refractivity contribution in [2.45, 2.75) is 58.5 Å². The summed E-state index contributed by atoms with van der Waals surface area (Å²) in [6.07, 6.45) is 6.36. The molecule has 1 amide bonds. The van der Waals surface area contributed by atoms with Crippen LogP contribution in [0.2, 0.25) is 0 Å². The number of hydrogen-bond donors (Lipinski definition) is 1. The van der Waals surface area contributed by atoms with Gasteiger partial charge >= 0.3 is 0 Å². The summed E-state index contributed by atoms with van der Waals surface area (Å²) in [6, 6.07) is 3.77. The second-order valence-corrected chi connectivity index (χ2v) is 8.51. The maximum absolute atomic E-state index is 12.9. The van der Waals surface area contributed by atoms with Crippen LogP contribution in [0.5, 0.6) is 0 Å². The lowest BCUT2D eigenvalue weighted by Gasteiger charge is -2.35. The Morgan fingerprint density at radius 1 is 1.39 bits per heavy atom. The van der Waals surface area contributed by atoms with E-state index in [0.29, 0.717) is 39.1 Å². The van der Waals surface area contributed by atoms with Crippen molar-refractivity contribution in [3.05, 3.63) is 42.0 Å². The van der Waals surface area contributed by atoms with Gasteiger partial charge < -0.3 is 14.7 Å². The van der Waals surface area contributed by atoms with E-state index in [4.69, 9.17) is 4.74 Å². The van der Waals surface area contributed by atoms with Gasteiger partial charge in [-0.3, -0.25) is 14.7 Å². The van der Waals surface area contributed by atoms with Crippen molar-refractivity contribution in [3.8, 4) is 0 Å². The number of pyridine rings is 1. The number of ether oxygens (including phenoxy) is 1. The molecule has 0 aliphatic carbocycles. The molecule has 0 bridgehead atoms. The molecule has 31 heavy (non-hydrogen) atoms. The number of rotatable bonds is 6. The first-order valence-corrected chi connectivity index (χ1v) is 10.9. The molecule has 1 aliphatic rings. The number of hydrogen-bond acceptors (Lipinski definition) is 7. The van der Waals surface area contributed by atoms with Crippen LogP contribution in [0.25, 0.3) is 0 Å². The van der Waals surface area contributed by atoms with E-state index in [1.54, 1.807) is 17.3 Å². The first-order chi connectivity index (χ1) is 15.0. The molecule has 170 valence electrons. The predicted octanol–water partition coefficient (Wildman–Crippen LogP) is 1.33. The number of fused-ring (bicyclic) bond motifs is 1. The fraction of sp³-hybridized carbons (Fsp3) is 0.636. The fourth-order valence-corrected chi connectivity index (χ4v) is 3.92. The molecule has 2 aromatic heterocycles. The summed E-state index contributed by atoms with van der Waals surface area (Å²) in [6.45, 7) is 6.98. The lowest BCUT2D eigenvalue weighted by molar-refractivity contribution is -0.136. The van der Waals surface area contributed by atoms with E-state index in [1.807, 2.05) is 23.9 Å². The summed E-state index contributed by atoms with van der Waals surface area (Å²) in [5, 5.41) is 17.9. The number of nitrogens with zero attached hydrogens (tertiary/aromatic N) is 6. The number of aliphatic hydroxyl groups excluding tert-OH is 1. The standard InChI is InChI=1S/C22H34N6O3/c1-17-12-27(18(2)15-29)22(30)7-5-9-28-20(11-24-25-28)16-31-21(17)14-26(3)13-19-6-4-8-23-10-19/h4,6,8,10-11,17-18,21,29H,5,7,9,12-16H2,1-3H3/t17-,18+,21+/m1/s1. The molecule has 2 aromatic rings. The van der Waals surface area contributed by atoms with Gasteiger partial charge in [0.15, 0.2) is 0 Å². The van der Waals surface area contributed by atoms with Gasteiger partial charge in [-0.05, 0) is 32.0 Å². The van der Waals surface area contributed by atoms with Gasteiger partial charge in [0, 0.05) is 50.9 Å². The maximum atomic E-state index is 12.9. The van der Waals surface area contributed by atoms with Gasteiger partial charge in [-0.2, -0.15) is 0 Å². The summed E-state index contributed by atoms with van der Waals surface area (Å²) in [7, 11) is 2.06. The van der Waals surface area contributed by atoms with E-state index in [0.717, 1.165) is 17.8 Å². The number of aryl methyl sites for hydroxylation is 1. The number of carbonyl (C=O) groups is 1. The van der Waals surface area contributed by atoms with Crippen molar-refractivity contribution < 1.29 is 14.6 Å². The van der Waals surface area contributed by atoms with Crippen LogP contribution in [0.1, 0.15) is 37.9 Å². The molecule has 1 aliphatic heterocycles. The Labute approximate surface area is 184 Å². The average Bonchev–Trinajstić information content (AvgIpc) is 3.21. The molecular weight excluding hydrogens is 396 g/mol. The normalized spacial score (nSPS) is 22.0. The van der Waals surface area contributed by atoms with E-state index in [2.05, 4.69) is 40.2 Å². The monoisotopic (exact) mass is 430 g/mol. The van der Waals surface area contributed by atoms with E-state index >= 15 is 0 Å². The highest BCUT2D eigenvalue weighted by molar-refractivity contribution is 5.76. The summed E-state index contributed by atoms with van der Waals surface area (Å²) in [5.74, 6) is 0.135. The molecule has 0 saturated heterocycles. The average molecular weight is 431 g/mol. The van der Waals surface area contributed by atoms with Crippen LogP contribution in [-0.2, 0) is 29.2 Å². The molecule has 0 spiro atoms. The topological polar surface area (TPSA) is 96.6 Å². The predicted molar refractivity (Wildman–Crippen MR) is 116 cm³/mol. The molecule has 0 aromatic carbocycles. The highest BCUT2D eigenvalue weighted by atomic mass is 16.5. The van der Waals surface area contributed by atoms with Crippen molar-refractivity contribution in [1.29, 1.82) is 0 Å². The Hall–Kier alpha value is -2.36. The zero-order valence-electron chi connectivity index (χ0n) is 18.7. The lowest BCUT2D eigenvalue weighted by Crippen LogP contribution is -2.47. The van der Waals surface area contributed by atoms with Crippen molar-refractivity contribution in [1.82, 2.24) is 29.8 Å². The molecule has 3 rings (SSSR count). The highest BCUT2D eigenvalue weighted by Crippen LogP contribution is 2.18. The Morgan fingerprint density at radius 2 is 2.23 bits per heavy atom. The minimum atomic E-state index is -0.228. The van der Waals surface area contributed by atoms with E-state index in [-0.39, 0.29) is 30.6 Å². The van der Waals surface area contributed by atoms with Crippen LogP contribution in [-0.4, -0.2) is 79.7 Å². The largest absolute Gasteiger partial charge is 0.394 e. The Balaban J connectivity index is 1.77. The molecule has 0 fully saturated rings. The second kappa shape index (κ2) is 11.3. The first kappa shape index (κ1) is 23.3. The quantitative estimate of drug-likeness (QED) is 0.738. The molecule has 0 unspecified atom stereocenters. The van der Waals surface area contributed by atoms with Crippen LogP contribution < -0.4 is 0 Å². The molecule has 0 radical (unpaired) electrons. The fourth-order valence-electron chi connectivity index (χ4n) is 3.92. The van der Waals surface area contributed by atoms with Crippen molar-refractivity contribution in [2.75, 3.05) is 26.7 Å². The molecule has 1 N–H and O–H groups in total. The summed E-state index contributed by atoms with van der Waals surface area (Å²) >= 11 is 0. The van der Waals surface area contributed by atoms with Crippen LogP contribution >= 0.6 is 0 Å². The summed E-state index contributed by atoms with van der Waals surface area (Å²) in [5.41, 5.74) is 2.06. The summed E-state index contributed by atoms with van der Waals surface area (Å²) < 4.78 is 8.17. The first-order valence-electron chi connectivity index (χ1n) is 10.9. The van der Waals surface area contributed by atoms with Crippen LogP contribution in [0.3, 0.4) is 0 Å². The van der Waals surface area contributed by atoms with Crippen LogP contribution in [0.4, 0.5) is 0 Å². The van der Waals surface area contributed by atoms with Crippen molar-refractivity contribution in [3.63, 3.8) is 0 Å². The summed E-state index contributed by atoms with van der Waals surface area (Å²) in [4.78, 5) is 21.1. The van der Waals surface area contributed by atoms with Gasteiger partial charge in [0.05, 0.1) is 37.3 Å². The zero-order valence-corrected chi connectivity index (χ0v) is 18.7. The molecule has 3 heterocycles. The number of likely N-dealkylation sites (N-methyl/N-ethyl adjacent to an activating group) is 1. The van der Waals surface area contributed by atoms with Crippen molar-refractivity contribution in [2.24, 2.45) is 5.92 Å². The maximum Gasteiger partial charge on any atom is 0.222 e. The third kappa shape index (κ3) is 6.56. The Morgan fingerprint density at radius 3 is 2.97 bits per heavy atom. The third-order valence-corrected chi connectivity index (χ3v) is 5.81. The minimum absolute atomic E-state index is 0.0538. The highest BCUT2D eigenvalue weighted by Gasteiger charge is 2.28. The third-order valence-electron chi connectivity index (χ3n) is 5.81. The number of amides is 1. The second-order valence-electron chi connectivity index (χ2n) is 8.51. The van der Waals surface area contributed by atoms with E-state index < -0.39 is 0 Å². The SMILES string of the molecule is C[C@@H]1CN([C@@H](C)CO)C(=O)CCCn2nncc2CO[C@H]1CN(C)Cc1cccnc1. The molecular formula is C22H34N6O3. The molecule has 9 nitrogen and oxygen atoms in total. The molecule has 0 saturated carbocycles. The number of aliphatic hydroxyl groups is 1. The number of aromatic nitrogens is 4.